The van der Waals surface area contributed by atoms with E-state index in [1.807, 2.05) is 42.5 Å². The largest absolute Gasteiger partial charge is 0.222 e. The summed E-state index contributed by atoms with van der Waals surface area (Å²) in [7, 11) is 0. The summed E-state index contributed by atoms with van der Waals surface area (Å²) in [5, 5.41) is 5.74. The zero-order chi connectivity index (χ0) is 12.7. The Balaban J connectivity index is 2.19. The fourth-order valence-corrected chi connectivity index (χ4v) is 2.48. The molecule has 0 aliphatic rings. The highest BCUT2D eigenvalue weighted by atomic mass is 79.9. The number of nitrogens with zero attached hydrogens (tertiary/aromatic N) is 2. The predicted molar refractivity (Wildman–Crippen MR) is 78.3 cm³/mol. The topological polar surface area (TPSA) is 17.3 Å². The third-order valence-corrected chi connectivity index (χ3v) is 4.16. The maximum absolute atomic E-state index is 6.08. The Morgan fingerprint density at radius 3 is 2.61 bits per heavy atom. The lowest BCUT2D eigenvalue weighted by molar-refractivity contribution is 0.966. The second-order valence-electron chi connectivity index (χ2n) is 3.84. The Morgan fingerprint density at radius 1 is 1.06 bits per heavy atom. The van der Waals surface area contributed by atoms with Crippen molar-refractivity contribution >= 4 is 44.6 Å². The van der Waals surface area contributed by atoms with Gasteiger partial charge in [-0.3, -0.25) is 0 Å². The van der Waals surface area contributed by atoms with Gasteiger partial charge in [0.05, 0.1) is 16.2 Å². The van der Waals surface area contributed by atoms with Crippen LogP contribution in [0.4, 0.5) is 0 Å². The zero-order valence-electron chi connectivity index (χ0n) is 9.07. The van der Waals surface area contributed by atoms with Crippen LogP contribution in [-0.4, -0.2) is 9.61 Å². The monoisotopic (exact) mass is 340 g/mol. The SMILES string of the molecule is Clc1ccc(-c2cc3cccc(Cl)n3n2)cc1Br. The summed E-state index contributed by atoms with van der Waals surface area (Å²) < 4.78 is 2.56. The van der Waals surface area contributed by atoms with Crippen molar-refractivity contribution in [1.29, 1.82) is 0 Å². The van der Waals surface area contributed by atoms with E-state index in [4.69, 9.17) is 23.2 Å². The first-order chi connectivity index (χ1) is 8.65. The number of pyridine rings is 1. The van der Waals surface area contributed by atoms with Crippen molar-refractivity contribution in [2.45, 2.75) is 0 Å². The molecule has 0 fully saturated rings. The van der Waals surface area contributed by atoms with Crippen molar-refractivity contribution < 1.29 is 0 Å². The van der Waals surface area contributed by atoms with Crippen LogP contribution >= 0.6 is 39.1 Å². The molecule has 3 rings (SSSR count). The van der Waals surface area contributed by atoms with Crippen molar-refractivity contribution in [3.8, 4) is 11.3 Å². The van der Waals surface area contributed by atoms with E-state index in [1.54, 1.807) is 4.52 Å². The Labute approximate surface area is 122 Å². The van der Waals surface area contributed by atoms with Crippen LogP contribution in [0.25, 0.3) is 16.8 Å². The molecule has 0 saturated heterocycles. The van der Waals surface area contributed by atoms with E-state index in [0.717, 1.165) is 21.2 Å². The molecule has 0 N–H and O–H groups in total. The van der Waals surface area contributed by atoms with E-state index in [1.165, 1.54) is 0 Å². The fourth-order valence-electron chi connectivity index (χ4n) is 1.78. The summed E-state index contributed by atoms with van der Waals surface area (Å²) in [4.78, 5) is 0. The highest BCUT2D eigenvalue weighted by molar-refractivity contribution is 9.10. The van der Waals surface area contributed by atoms with Gasteiger partial charge in [-0.1, -0.05) is 35.3 Å². The first kappa shape index (κ1) is 12.0. The van der Waals surface area contributed by atoms with E-state index in [2.05, 4.69) is 21.0 Å². The van der Waals surface area contributed by atoms with Gasteiger partial charge in [-0.05, 0) is 46.3 Å². The van der Waals surface area contributed by atoms with E-state index in [0.29, 0.717) is 10.2 Å². The van der Waals surface area contributed by atoms with E-state index < -0.39 is 0 Å². The predicted octanol–water partition coefficient (Wildman–Crippen LogP) is 5.07. The van der Waals surface area contributed by atoms with Gasteiger partial charge in [-0.15, -0.1) is 0 Å². The molecule has 0 aliphatic heterocycles. The Morgan fingerprint density at radius 2 is 1.89 bits per heavy atom. The van der Waals surface area contributed by atoms with Crippen molar-refractivity contribution in [3.05, 3.63) is 57.1 Å². The average Bonchev–Trinajstić information content (AvgIpc) is 2.78. The molecule has 2 aromatic heterocycles. The molecule has 1 aromatic carbocycles. The third-order valence-electron chi connectivity index (χ3n) is 2.66. The molecule has 0 bridgehead atoms. The quantitative estimate of drug-likeness (QED) is 0.565. The fraction of sp³-hybridized carbons (Fsp3) is 0. The minimum absolute atomic E-state index is 0.590. The summed E-state index contributed by atoms with van der Waals surface area (Å²) in [6, 6.07) is 13.4. The number of hydrogen-bond acceptors (Lipinski definition) is 1. The average molecular weight is 342 g/mol. The molecule has 0 saturated carbocycles. The first-order valence-corrected chi connectivity index (χ1v) is 6.80. The molecule has 0 atom stereocenters. The van der Waals surface area contributed by atoms with Gasteiger partial charge in [0, 0.05) is 10.0 Å². The summed E-state index contributed by atoms with van der Waals surface area (Å²) in [6.07, 6.45) is 0. The number of hydrogen-bond donors (Lipinski definition) is 0. The molecule has 0 aliphatic carbocycles. The number of halogens is 3. The number of benzene rings is 1. The molecule has 0 spiro atoms. The molecular weight excluding hydrogens is 335 g/mol. The van der Waals surface area contributed by atoms with Gasteiger partial charge in [-0.25, -0.2) is 4.52 Å². The summed E-state index contributed by atoms with van der Waals surface area (Å²) in [5.41, 5.74) is 2.81. The second-order valence-corrected chi connectivity index (χ2v) is 5.49. The van der Waals surface area contributed by atoms with Gasteiger partial charge in [0.1, 0.15) is 5.15 Å². The Kier molecular flexibility index (Phi) is 3.06. The smallest absolute Gasteiger partial charge is 0.131 e. The highest BCUT2D eigenvalue weighted by Crippen LogP contribution is 2.29. The van der Waals surface area contributed by atoms with E-state index in [9.17, 15) is 0 Å². The van der Waals surface area contributed by atoms with Gasteiger partial charge in [-0.2, -0.15) is 5.10 Å². The van der Waals surface area contributed by atoms with Crippen LogP contribution in [0, 0.1) is 0 Å². The molecular formula is C13H7BrCl2N2. The van der Waals surface area contributed by atoms with Gasteiger partial charge in [0.25, 0.3) is 0 Å². The van der Waals surface area contributed by atoms with Crippen LogP contribution in [0.3, 0.4) is 0 Å². The standard InChI is InChI=1S/C13H7BrCl2N2/c14-10-6-8(4-5-11(10)15)12-7-9-2-1-3-13(16)18(9)17-12/h1-7H. The molecule has 18 heavy (non-hydrogen) atoms. The maximum Gasteiger partial charge on any atom is 0.131 e. The molecule has 90 valence electrons. The van der Waals surface area contributed by atoms with Crippen molar-refractivity contribution in [2.75, 3.05) is 0 Å². The molecule has 2 heterocycles. The van der Waals surface area contributed by atoms with Gasteiger partial charge in [0.15, 0.2) is 0 Å². The normalized spacial score (nSPS) is 11.1. The third kappa shape index (κ3) is 2.03. The minimum Gasteiger partial charge on any atom is -0.222 e. The van der Waals surface area contributed by atoms with E-state index >= 15 is 0 Å². The number of aromatic nitrogens is 2. The lowest BCUT2D eigenvalue weighted by Crippen LogP contribution is -1.88. The lowest BCUT2D eigenvalue weighted by atomic mass is 10.1. The van der Waals surface area contributed by atoms with Gasteiger partial charge >= 0.3 is 0 Å². The molecule has 0 unspecified atom stereocenters. The molecule has 0 amide bonds. The van der Waals surface area contributed by atoms with Gasteiger partial charge in [0.2, 0.25) is 0 Å². The molecule has 0 radical (unpaired) electrons. The summed E-state index contributed by atoms with van der Waals surface area (Å²) >= 11 is 15.5. The van der Waals surface area contributed by atoms with Crippen LogP contribution in [-0.2, 0) is 0 Å². The molecule has 5 heteroatoms. The van der Waals surface area contributed by atoms with Crippen LogP contribution in [0.5, 0.6) is 0 Å². The number of rotatable bonds is 1. The maximum atomic E-state index is 6.08. The van der Waals surface area contributed by atoms with Crippen LogP contribution in [0.15, 0.2) is 46.9 Å². The van der Waals surface area contributed by atoms with Crippen molar-refractivity contribution in [1.82, 2.24) is 9.61 Å². The van der Waals surface area contributed by atoms with Crippen LogP contribution < -0.4 is 0 Å². The Bertz CT molecular complexity index is 737. The minimum atomic E-state index is 0.590. The number of fused-ring (bicyclic) bond motifs is 1. The van der Waals surface area contributed by atoms with Crippen LogP contribution in [0.1, 0.15) is 0 Å². The summed E-state index contributed by atoms with van der Waals surface area (Å²) in [6.45, 7) is 0. The first-order valence-electron chi connectivity index (χ1n) is 5.25. The highest BCUT2D eigenvalue weighted by Gasteiger charge is 2.07. The van der Waals surface area contributed by atoms with Crippen molar-refractivity contribution in [2.24, 2.45) is 0 Å². The second kappa shape index (κ2) is 4.57. The molecule has 2 nitrogen and oxygen atoms in total. The lowest BCUT2D eigenvalue weighted by Gasteiger charge is -1.99. The van der Waals surface area contributed by atoms with E-state index in [-0.39, 0.29) is 0 Å². The van der Waals surface area contributed by atoms with Gasteiger partial charge < -0.3 is 0 Å². The Hall–Kier alpha value is -1.03. The van der Waals surface area contributed by atoms with Crippen LogP contribution in [0.2, 0.25) is 10.2 Å². The molecule has 3 aromatic rings. The summed E-state index contributed by atoms with van der Waals surface area (Å²) in [5.74, 6) is 0. The van der Waals surface area contributed by atoms with Crippen molar-refractivity contribution in [3.63, 3.8) is 0 Å². The zero-order valence-corrected chi connectivity index (χ0v) is 12.2.